The fraction of sp³-hybridized carbons (Fsp3) is 0.214. The first kappa shape index (κ1) is 13.0. The molecule has 0 saturated heterocycles. The Hall–Kier alpha value is -2.03. The van der Waals surface area contributed by atoms with Crippen molar-refractivity contribution in [3.05, 3.63) is 47.6 Å². The summed E-state index contributed by atoms with van der Waals surface area (Å²) in [6.45, 7) is 3.48. The van der Waals surface area contributed by atoms with Crippen molar-refractivity contribution >= 4 is 5.78 Å². The van der Waals surface area contributed by atoms with Crippen LogP contribution >= 0.6 is 0 Å². The van der Waals surface area contributed by atoms with Crippen molar-refractivity contribution in [1.82, 2.24) is 0 Å². The molecule has 2 N–H and O–H groups in total. The van der Waals surface area contributed by atoms with E-state index in [1.165, 1.54) is 18.2 Å². The Bertz CT molecular complexity index is 447. The fourth-order valence-electron chi connectivity index (χ4n) is 1.38. The number of allylic oxidation sites excluding steroid dienone is 4. The van der Waals surface area contributed by atoms with Gasteiger partial charge in [0.1, 0.15) is 11.5 Å². The van der Waals surface area contributed by atoms with Crippen LogP contribution in [0.15, 0.2) is 36.4 Å². The molecule has 1 aromatic carbocycles. The average Bonchev–Trinajstić information content (AvgIpc) is 2.26. The van der Waals surface area contributed by atoms with Gasteiger partial charge in [-0.1, -0.05) is 18.2 Å². The van der Waals surface area contributed by atoms with Gasteiger partial charge in [-0.05, 0) is 37.6 Å². The molecule has 0 fully saturated rings. The van der Waals surface area contributed by atoms with Crippen LogP contribution in [0.5, 0.6) is 11.5 Å². The summed E-state index contributed by atoms with van der Waals surface area (Å²) in [6.07, 6.45) is 6.88. The fourth-order valence-corrected chi connectivity index (χ4v) is 1.38. The minimum atomic E-state index is -0.0780. The number of hydrogen-bond donors (Lipinski definition) is 2. The summed E-state index contributed by atoms with van der Waals surface area (Å²) in [5.41, 5.74) is 1.02. The molecule has 0 saturated carbocycles. The van der Waals surface area contributed by atoms with Crippen molar-refractivity contribution in [2.45, 2.75) is 20.3 Å². The van der Waals surface area contributed by atoms with Gasteiger partial charge in [-0.2, -0.15) is 0 Å². The molecule has 3 nitrogen and oxygen atoms in total. The lowest BCUT2D eigenvalue weighted by atomic mass is 10.0. The highest BCUT2D eigenvalue weighted by Crippen LogP contribution is 2.27. The van der Waals surface area contributed by atoms with E-state index in [0.717, 1.165) is 0 Å². The highest BCUT2D eigenvalue weighted by atomic mass is 16.3. The van der Waals surface area contributed by atoms with Crippen LogP contribution in [0.3, 0.4) is 0 Å². The first-order valence-corrected chi connectivity index (χ1v) is 5.38. The van der Waals surface area contributed by atoms with Gasteiger partial charge in [0.2, 0.25) is 0 Å². The Labute approximate surface area is 101 Å². The number of phenolic OH excluding ortho intramolecular Hbond substituents is 2. The van der Waals surface area contributed by atoms with E-state index in [1.54, 1.807) is 19.1 Å². The Kier molecular flexibility index (Phi) is 4.52. The van der Waals surface area contributed by atoms with Crippen LogP contribution in [-0.4, -0.2) is 16.0 Å². The van der Waals surface area contributed by atoms with Crippen LogP contribution in [0.25, 0.3) is 0 Å². The molecule has 1 rings (SSSR count). The van der Waals surface area contributed by atoms with Crippen LogP contribution in [0.1, 0.15) is 18.1 Å². The first-order valence-electron chi connectivity index (χ1n) is 5.38. The maximum Gasteiger partial charge on any atom is 0.160 e. The number of rotatable bonds is 4. The van der Waals surface area contributed by atoms with E-state index in [2.05, 4.69) is 0 Å². The monoisotopic (exact) mass is 232 g/mol. The van der Waals surface area contributed by atoms with Crippen molar-refractivity contribution in [2.75, 3.05) is 0 Å². The van der Waals surface area contributed by atoms with E-state index in [9.17, 15) is 15.0 Å². The summed E-state index contributed by atoms with van der Waals surface area (Å²) in [7, 11) is 0. The van der Waals surface area contributed by atoms with Gasteiger partial charge in [0.25, 0.3) is 0 Å². The third-order valence-electron chi connectivity index (χ3n) is 2.38. The normalized spacial score (nSPS) is 11.4. The van der Waals surface area contributed by atoms with Gasteiger partial charge in [0.15, 0.2) is 5.78 Å². The topological polar surface area (TPSA) is 57.5 Å². The number of hydrogen-bond acceptors (Lipinski definition) is 3. The van der Waals surface area contributed by atoms with E-state index in [-0.39, 0.29) is 23.7 Å². The molecule has 90 valence electrons. The Balaban J connectivity index is 2.79. The van der Waals surface area contributed by atoms with E-state index >= 15 is 0 Å². The average molecular weight is 232 g/mol. The third-order valence-corrected chi connectivity index (χ3v) is 2.38. The molecule has 0 radical (unpaired) electrons. The lowest BCUT2D eigenvalue weighted by Gasteiger charge is -2.05. The number of phenols is 2. The summed E-state index contributed by atoms with van der Waals surface area (Å²) in [6, 6.07) is 2.99. The molecule has 17 heavy (non-hydrogen) atoms. The predicted molar refractivity (Wildman–Crippen MR) is 67.2 cm³/mol. The summed E-state index contributed by atoms with van der Waals surface area (Å²) >= 11 is 0. The van der Waals surface area contributed by atoms with Gasteiger partial charge in [-0.3, -0.25) is 4.79 Å². The summed E-state index contributed by atoms with van der Waals surface area (Å²) < 4.78 is 0. The molecule has 0 atom stereocenters. The summed E-state index contributed by atoms with van der Waals surface area (Å²) in [5.74, 6) is -0.0683. The molecule has 1 aromatic rings. The second-order valence-corrected chi connectivity index (χ2v) is 3.79. The van der Waals surface area contributed by atoms with Crippen LogP contribution in [0.2, 0.25) is 0 Å². The van der Waals surface area contributed by atoms with Crippen LogP contribution in [0.4, 0.5) is 0 Å². The number of carbonyl (C=O) groups excluding carboxylic acids is 1. The number of benzene rings is 1. The molecule has 0 aromatic heterocycles. The molecular formula is C14H16O3. The second kappa shape index (κ2) is 5.89. The van der Waals surface area contributed by atoms with Crippen molar-refractivity contribution < 1.29 is 15.0 Å². The third kappa shape index (κ3) is 3.79. The molecule has 0 aliphatic heterocycles. The van der Waals surface area contributed by atoms with Gasteiger partial charge in [0, 0.05) is 12.0 Å². The van der Waals surface area contributed by atoms with Gasteiger partial charge >= 0.3 is 0 Å². The molecule has 0 bridgehead atoms. The molecule has 0 aliphatic carbocycles. The molecule has 3 heteroatoms. The van der Waals surface area contributed by atoms with Crippen LogP contribution in [-0.2, 0) is 11.2 Å². The Morgan fingerprint density at radius 3 is 2.35 bits per heavy atom. The maximum absolute atomic E-state index is 11.5. The molecular weight excluding hydrogens is 216 g/mol. The van der Waals surface area contributed by atoms with Crippen molar-refractivity contribution in [1.29, 1.82) is 0 Å². The zero-order valence-corrected chi connectivity index (χ0v) is 9.97. The van der Waals surface area contributed by atoms with Crippen LogP contribution < -0.4 is 0 Å². The number of aromatic hydroxyl groups is 2. The highest BCUT2D eigenvalue weighted by molar-refractivity contribution is 5.91. The lowest BCUT2D eigenvalue weighted by molar-refractivity contribution is -0.114. The second-order valence-electron chi connectivity index (χ2n) is 3.79. The predicted octanol–water partition coefficient (Wildman–Crippen LogP) is 2.65. The van der Waals surface area contributed by atoms with Crippen LogP contribution in [0, 0.1) is 6.92 Å². The minimum absolute atomic E-state index is 0.00485. The molecule has 0 amide bonds. The Morgan fingerprint density at radius 2 is 1.82 bits per heavy atom. The maximum atomic E-state index is 11.5. The SMILES string of the molecule is C/C=C/C=C/C(=O)Cc1cc(O)c(C)c(O)c1. The van der Waals surface area contributed by atoms with Gasteiger partial charge in [-0.15, -0.1) is 0 Å². The van der Waals surface area contributed by atoms with E-state index in [4.69, 9.17) is 0 Å². The standard InChI is InChI=1S/C14H16O3/c1-3-4-5-6-12(15)7-11-8-13(16)10(2)14(17)9-11/h3-6,8-9,16-17H,7H2,1-2H3/b4-3+,6-5+. The summed E-state index contributed by atoms with van der Waals surface area (Å²) in [5, 5.41) is 19.0. The van der Waals surface area contributed by atoms with E-state index < -0.39 is 0 Å². The van der Waals surface area contributed by atoms with Gasteiger partial charge in [0.05, 0.1) is 0 Å². The van der Waals surface area contributed by atoms with Crippen molar-refractivity contribution in [3.63, 3.8) is 0 Å². The zero-order valence-electron chi connectivity index (χ0n) is 9.97. The largest absolute Gasteiger partial charge is 0.508 e. The molecule has 0 unspecified atom stereocenters. The van der Waals surface area contributed by atoms with E-state index in [0.29, 0.717) is 11.1 Å². The summed E-state index contributed by atoms with van der Waals surface area (Å²) in [4.78, 5) is 11.5. The number of ketones is 1. The minimum Gasteiger partial charge on any atom is -0.508 e. The molecule has 0 heterocycles. The highest BCUT2D eigenvalue weighted by Gasteiger charge is 2.07. The quantitative estimate of drug-likeness (QED) is 0.619. The Morgan fingerprint density at radius 1 is 1.24 bits per heavy atom. The first-order chi connectivity index (χ1) is 8.04. The smallest absolute Gasteiger partial charge is 0.160 e. The molecule has 0 aliphatic rings. The van der Waals surface area contributed by atoms with E-state index in [1.807, 2.05) is 13.0 Å². The number of carbonyl (C=O) groups is 1. The van der Waals surface area contributed by atoms with Crippen molar-refractivity contribution in [3.8, 4) is 11.5 Å². The zero-order chi connectivity index (χ0) is 12.8. The lowest BCUT2D eigenvalue weighted by Crippen LogP contribution is -1.98. The van der Waals surface area contributed by atoms with Gasteiger partial charge < -0.3 is 10.2 Å². The molecule has 0 spiro atoms. The van der Waals surface area contributed by atoms with Crippen molar-refractivity contribution in [2.24, 2.45) is 0 Å². The van der Waals surface area contributed by atoms with Gasteiger partial charge in [-0.25, -0.2) is 0 Å².